The lowest BCUT2D eigenvalue weighted by molar-refractivity contribution is 0.589. The molecule has 0 saturated heterocycles. The second-order valence-corrected chi connectivity index (χ2v) is 6.23. The summed E-state index contributed by atoms with van der Waals surface area (Å²) < 4.78 is 40.6. The minimum Gasteiger partial charge on any atom is -0.398 e. The standard InChI is InChI=1S/C11H13FN4O2S2/c1-2-14-20(17,18)16-11-15-10(6-19-11)8-4-3-7(12)5-9(8)13/h3-6,14H,2,13H2,1H3,(H,15,16). The van der Waals surface area contributed by atoms with Crippen LogP contribution in [0.4, 0.5) is 15.2 Å². The molecule has 1 aromatic heterocycles. The molecule has 0 aliphatic heterocycles. The maximum Gasteiger partial charge on any atom is 0.300 e. The molecule has 6 nitrogen and oxygen atoms in total. The van der Waals surface area contributed by atoms with Crippen LogP contribution in [0.5, 0.6) is 0 Å². The number of nitrogens with zero attached hydrogens (tertiary/aromatic N) is 1. The lowest BCUT2D eigenvalue weighted by Gasteiger charge is -2.04. The number of nitrogens with one attached hydrogen (secondary N) is 2. The SMILES string of the molecule is CCNS(=O)(=O)Nc1nc(-c2ccc(F)cc2N)cs1. The molecule has 1 aromatic carbocycles. The van der Waals surface area contributed by atoms with Crippen molar-refractivity contribution in [1.29, 1.82) is 0 Å². The fourth-order valence-electron chi connectivity index (χ4n) is 1.55. The monoisotopic (exact) mass is 316 g/mol. The number of rotatable bonds is 5. The number of aromatic nitrogens is 1. The Morgan fingerprint density at radius 1 is 1.45 bits per heavy atom. The number of halogens is 1. The third kappa shape index (κ3) is 3.44. The molecule has 0 radical (unpaired) electrons. The van der Waals surface area contributed by atoms with E-state index < -0.39 is 16.0 Å². The highest BCUT2D eigenvalue weighted by Gasteiger charge is 2.13. The number of nitrogen functional groups attached to an aromatic ring is 1. The van der Waals surface area contributed by atoms with Gasteiger partial charge in [0, 0.05) is 23.2 Å². The number of thiazole rings is 1. The van der Waals surface area contributed by atoms with Crippen LogP contribution in [-0.4, -0.2) is 19.9 Å². The Kier molecular flexibility index (Phi) is 4.21. The minimum absolute atomic E-state index is 0.213. The molecule has 0 aliphatic rings. The zero-order chi connectivity index (χ0) is 14.8. The fourth-order valence-corrected chi connectivity index (χ4v) is 3.36. The average Bonchev–Trinajstić information content (AvgIpc) is 2.76. The molecular weight excluding hydrogens is 303 g/mol. The van der Waals surface area contributed by atoms with E-state index in [1.54, 1.807) is 12.3 Å². The zero-order valence-corrected chi connectivity index (χ0v) is 12.2. The number of benzene rings is 1. The van der Waals surface area contributed by atoms with Gasteiger partial charge in [0.2, 0.25) is 0 Å². The van der Waals surface area contributed by atoms with Crippen LogP contribution in [0.25, 0.3) is 11.3 Å². The Hall–Kier alpha value is -1.71. The number of hydrogen-bond acceptors (Lipinski definition) is 5. The molecule has 108 valence electrons. The van der Waals surface area contributed by atoms with Crippen LogP contribution in [0.2, 0.25) is 0 Å². The molecule has 0 fully saturated rings. The van der Waals surface area contributed by atoms with Gasteiger partial charge in [0.25, 0.3) is 0 Å². The second-order valence-electron chi connectivity index (χ2n) is 3.87. The van der Waals surface area contributed by atoms with Gasteiger partial charge in [-0.15, -0.1) is 11.3 Å². The Bertz CT molecular complexity index is 715. The normalized spacial score (nSPS) is 11.5. The third-order valence-electron chi connectivity index (χ3n) is 2.35. The maximum atomic E-state index is 13.0. The second kappa shape index (κ2) is 5.73. The van der Waals surface area contributed by atoms with Crippen LogP contribution in [0, 0.1) is 5.82 Å². The Balaban J connectivity index is 2.25. The summed E-state index contributed by atoms with van der Waals surface area (Å²) in [5.74, 6) is -0.436. The van der Waals surface area contributed by atoms with Crippen LogP contribution < -0.4 is 15.2 Å². The van der Waals surface area contributed by atoms with E-state index in [1.807, 2.05) is 0 Å². The molecular formula is C11H13FN4O2S2. The van der Waals surface area contributed by atoms with Gasteiger partial charge in [0.1, 0.15) is 5.82 Å². The Morgan fingerprint density at radius 2 is 2.20 bits per heavy atom. The lowest BCUT2D eigenvalue weighted by atomic mass is 10.1. The van der Waals surface area contributed by atoms with Crippen molar-refractivity contribution in [2.45, 2.75) is 6.92 Å². The zero-order valence-electron chi connectivity index (χ0n) is 10.6. The number of nitrogens with two attached hydrogens (primary N) is 1. The molecule has 2 aromatic rings. The van der Waals surface area contributed by atoms with E-state index in [0.717, 1.165) is 11.3 Å². The molecule has 4 N–H and O–H groups in total. The summed E-state index contributed by atoms with van der Waals surface area (Å²) in [5.41, 5.74) is 7.00. The van der Waals surface area contributed by atoms with Gasteiger partial charge in [-0.2, -0.15) is 13.1 Å². The van der Waals surface area contributed by atoms with Gasteiger partial charge in [-0.05, 0) is 18.2 Å². The van der Waals surface area contributed by atoms with Crippen molar-refractivity contribution in [3.05, 3.63) is 29.4 Å². The average molecular weight is 316 g/mol. The first-order valence-corrected chi connectivity index (χ1v) is 8.06. The van der Waals surface area contributed by atoms with Crippen molar-refractivity contribution in [2.24, 2.45) is 0 Å². The smallest absolute Gasteiger partial charge is 0.300 e. The van der Waals surface area contributed by atoms with Crippen LogP contribution in [0.15, 0.2) is 23.6 Å². The van der Waals surface area contributed by atoms with E-state index in [4.69, 9.17) is 5.73 Å². The Morgan fingerprint density at radius 3 is 2.85 bits per heavy atom. The van der Waals surface area contributed by atoms with Gasteiger partial charge in [0.05, 0.1) is 5.69 Å². The van der Waals surface area contributed by atoms with E-state index in [-0.39, 0.29) is 17.4 Å². The van der Waals surface area contributed by atoms with Crippen LogP contribution in [0.1, 0.15) is 6.92 Å². The summed E-state index contributed by atoms with van der Waals surface area (Å²) in [5, 5.41) is 1.86. The number of hydrogen-bond donors (Lipinski definition) is 3. The summed E-state index contributed by atoms with van der Waals surface area (Å²) >= 11 is 1.12. The van der Waals surface area contributed by atoms with Crippen LogP contribution in [-0.2, 0) is 10.2 Å². The molecule has 0 atom stereocenters. The highest BCUT2D eigenvalue weighted by Crippen LogP contribution is 2.29. The van der Waals surface area contributed by atoms with Crippen molar-refractivity contribution < 1.29 is 12.8 Å². The van der Waals surface area contributed by atoms with Gasteiger partial charge in [-0.25, -0.2) is 14.1 Å². The van der Waals surface area contributed by atoms with E-state index in [9.17, 15) is 12.8 Å². The van der Waals surface area contributed by atoms with Gasteiger partial charge in [0.15, 0.2) is 5.13 Å². The van der Waals surface area contributed by atoms with E-state index in [2.05, 4.69) is 14.4 Å². The fraction of sp³-hybridized carbons (Fsp3) is 0.182. The predicted molar refractivity (Wildman–Crippen MR) is 78.1 cm³/mol. The molecule has 0 spiro atoms. The van der Waals surface area contributed by atoms with Gasteiger partial charge in [-0.3, -0.25) is 0 Å². The van der Waals surface area contributed by atoms with Crippen LogP contribution >= 0.6 is 11.3 Å². The van der Waals surface area contributed by atoms with E-state index in [0.29, 0.717) is 11.3 Å². The molecule has 9 heteroatoms. The summed E-state index contributed by atoms with van der Waals surface area (Å²) in [6.07, 6.45) is 0. The van der Waals surface area contributed by atoms with Gasteiger partial charge in [-0.1, -0.05) is 6.92 Å². The van der Waals surface area contributed by atoms with Gasteiger partial charge >= 0.3 is 10.2 Å². The minimum atomic E-state index is -3.61. The highest BCUT2D eigenvalue weighted by atomic mass is 32.2. The third-order valence-corrected chi connectivity index (χ3v) is 4.37. The van der Waals surface area contributed by atoms with E-state index in [1.165, 1.54) is 18.2 Å². The van der Waals surface area contributed by atoms with Crippen molar-refractivity contribution >= 4 is 32.4 Å². The first-order valence-electron chi connectivity index (χ1n) is 5.69. The first-order chi connectivity index (χ1) is 9.41. The van der Waals surface area contributed by atoms with Crippen molar-refractivity contribution in [2.75, 3.05) is 17.0 Å². The lowest BCUT2D eigenvalue weighted by Crippen LogP contribution is -2.29. The molecule has 1 heterocycles. The maximum absolute atomic E-state index is 13.0. The molecule has 2 rings (SSSR count). The summed E-state index contributed by atoms with van der Waals surface area (Å²) in [4.78, 5) is 4.12. The topological polar surface area (TPSA) is 97.1 Å². The van der Waals surface area contributed by atoms with Crippen LogP contribution in [0.3, 0.4) is 0 Å². The molecule has 0 amide bonds. The van der Waals surface area contributed by atoms with E-state index >= 15 is 0 Å². The molecule has 0 bridgehead atoms. The Labute approximate surface area is 120 Å². The molecule has 0 aliphatic carbocycles. The molecule has 0 unspecified atom stereocenters. The largest absolute Gasteiger partial charge is 0.398 e. The van der Waals surface area contributed by atoms with Crippen molar-refractivity contribution in [3.63, 3.8) is 0 Å². The van der Waals surface area contributed by atoms with Crippen molar-refractivity contribution in [3.8, 4) is 11.3 Å². The molecule has 0 saturated carbocycles. The molecule has 20 heavy (non-hydrogen) atoms. The number of anilines is 2. The van der Waals surface area contributed by atoms with Gasteiger partial charge < -0.3 is 5.73 Å². The van der Waals surface area contributed by atoms with Crippen molar-refractivity contribution in [1.82, 2.24) is 9.71 Å². The summed E-state index contributed by atoms with van der Waals surface area (Å²) in [7, 11) is -3.61. The summed E-state index contributed by atoms with van der Waals surface area (Å²) in [6.45, 7) is 1.95. The highest BCUT2D eigenvalue weighted by molar-refractivity contribution is 7.91. The summed E-state index contributed by atoms with van der Waals surface area (Å²) in [6, 6.07) is 3.97. The first kappa shape index (κ1) is 14.7. The predicted octanol–water partition coefficient (Wildman–Crippen LogP) is 1.80. The quantitative estimate of drug-likeness (QED) is 0.733.